The Morgan fingerprint density at radius 1 is 0.981 bits per heavy atom. The number of aliphatic imine (C=N–C) groups is 2. The monoisotopic (exact) mass is 715 g/mol. The summed E-state index contributed by atoms with van der Waals surface area (Å²) in [5, 5.41) is 0. The molecule has 0 N–H and O–H groups in total. The molecule has 1 saturated carbocycles. The second kappa shape index (κ2) is 13.7. The van der Waals surface area contributed by atoms with E-state index < -0.39 is 5.60 Å². The van der Waals surface area contributed by atoms with E-state index in [2.05, 4.69) is 65.0 Å². The maximum Gasteiger partial charge on any atom is 0.410 e. The van der Waals surface area contributed by atoms with Crippen LogP contribution in [0.15, 0.2) is 52.2 Å². The fourth-order valence-corrected chi connectivity index (χ4v) is 9.83. The van der Waals surface area contributed by atoms with Crippen molar-refractivity contribution in [3.63, 3.8) is 0 Å². The molecule has 280 valence electrons. The van der Waals surface area contributed by atoms with Crippen molar-refractivity contribution in [2.24, 2.45) is 45.5 Å². The minimum atomic E-state index is -0.531. The number of ether oxygens (including phenoxy) is 2. The quantitative estimate of drug-likeness (QED) is 0.286. The molecule has 4 aliphatic heterocycles. The van der Waals surface area contributed by atoms with Crippen molar-refractivity contribution in [3.05, 3.63) is 64.5 Å². The summed E-state index contributed by atoms with van der Waals surface area (Å²) >= 11 is 0. The van der Waals surface area contributed by atoms with Gasteiger partial charge in [-0.1, -0.05) is 53.2 Å². The molecule has 1 amide bonds. The zero-order valence-electron chi connectivity index (χ0n) is 33.1. The van der Waals surface area contributed by atoms with Crippen LogP contribution in [0.3, 0.4) is 0 Å². The molecular weight excluding hydrogens is 659 g/mol. The first-order valence-electron chi connectivity index (χ1n) is 20.3. The number of amides is 1. The standard InChI is InChI=1S/C46H57N3O4/c1-9-28-16-41(49(23-28)45(51)53-46(6,7)8)40-19-31(22-47-40)29-11-14-33-32(17-29)24-52-42-21-35-30(18-37(33)42)12-15-38-36(35)20-39(48-38)34-13-10-26(4)43(34)44(50)27(5)25(2)3/h11,14,17-18,21-22,25-28,34,41,43H,9-10,12-13,15-16,19-20,23-24H2,1-8H3/t26-,27-,28-,34-,41-,43?/m0/s1. The first kappa shape index (κ1) is 36.0. The highest BCUT2D eigenvalue weighted by Crippen LogP contribution is 2.49. The molecule has 2 aliphatic carbocycles. The van der Waals surface area contributed by atoms with Gasteiger partial charge < -0.3 is 9.47 Å². The van der Waals surface area contributed by atoms with E-state index in [-0.39, 0.29) is 29.9 Å². The van der Waals surface area contributed by atoms with E-state index in [1.807, 2.05) is 31.9 Å². The third-order valence-corrected chi connectivity index (χ3v) is 13.2. The molecule has 7 heteroatoms. The smallest absolute Gasteiger partial charge is 0.410 e. The molecular formula is C46H57N3O4. The molecule has 53 heavy (non-hydrogen) atoms. The van der Waals surface area contributed by atoms with E-state index >= 15 is 0 Å². The summed E-state index contributed by atoms with van der Waals surface area (Å²) in [6, 6.07) is 11.4. The van der Waals surface area contributed by atoms with Crippen molar-refractivity contribution in [2.75, 3.05) is 6.54 Å². The topological polar surface area (TPSA) is 80.6 Å². The number of benzene rings is 2. The van der Waals surface area contributed by atoms with Gasteiger partial charge in [0, 0.05) is 66.0 Å². The predicted octanol–water partition coefficient (Wildman–Crippen LogP) is 10.5. The average molecular weight is 716 g/mol. The van der Waals surface area contributed by atoms with Gasteiger partial charge in [0.1, 0.15) is 23.7 Å². The molecule has 0 spiro atoms. The van der Waals surface area contributed by atoms with E-state index in [0.717, 1.165) is 74.9 Å². The Balaban J connectivity index is 0.979. The third kappa shape index (κ3) is 6.61. The molecule has 6 aliphatic rings. The summed E-state index contributed by atoms with van der Waals surface area (Å²) in [6.07, 6.45) is 9.39. The van der Waals surface area contributed by atoms with Crippen LogP contribution >= 0.6 is 0 Å². The van der Waals surface area contributed by atoms with Crippen LogP contribution in [0.1, 0.15) is 123 Å². The van der Waals surface area contributed by atoms with Crippen molar-refractivity contribution >= 4 is 34.4 Å². The SMILES string of the molecule is CC[C@H]1C[C@@H](C2=NC=C(c3ccc4c(c3)COc3cc5c(cc3-4)CCC3=C5CC([C@@H]4CC[C@H](C)C4C(=O)[C@@H](C)C(C)C)=N3)C2)N(C(=O)OC(C)(C)C)C1. The van der Waals surface area contributed by atoms with E-state index in [4.69, 9.17) is 19.5 Å². The minimum absolute atomic E-state index is 0.0289. The maximum absolute atomic E-state index is 13.7. The highest BCUT2D eigenvalue weighted by atomic mass is 16.6. The summed E-state index contributed by atoms with van der Waals surface area (Å²) in [5.41, 5.74) is 12.9. The largest absolute Gasteiger partial charge is 0.488 e. The van der Waals surface area contributed by atoms with Gasteiger partial charge in [0.05, 0.1) is 6.04 Å². The van der Waals surface area contributed by atoms with Gasteiger partial charge in [-0.3, -0.25) is 19.7 Å². The van der Waals surface area contributed by atoms with Gasteiger partial charge >= 0.3 is 6.09 Å². The van der Waals surface area contributed by atoms with Crippen LogP contribution in [0, 0.1) is 35.5 Å². The lowest BCUT2D eigenvalue weighted by atomic mass is 9.76. The molecule has 2 fully saturated rings. The van der Waals surface area contributed by atoms with Crippen molar-refractivity contribution < 1.29 is 19.1 Å². The molecule has 1 unspecified atom stereocenters. The third-order valence-electron chi connectivity index (χ3n) is 13.2. The van der Waals surface area contributed by atoms with E-state index in [0.29, 0.717) is 30.1 Å². The Labute approximate surface area is 316 Å². The summed E-state index contributed by atoms with van der Waals surface area (Å²) in [5.74, 6) is 3.03. The Morgan fingerprint density at radius 2 is 1.79 bits per heavy atom. The number of fused-ring (bicyclic) bond motifs is 5. The second-order valence-electron chi connectivity index (χ2n) is 18.1. The fraction of sp³-hybridized carbons (Fsp3) is 0.565. The predicted molar refractivity (Wildman–Crippen MR) is 213 cm³/mol. The van der Waals surface area contributed by atoms with Gasteiger partial charge in [-0.15, -0.1) is 0 Å². The van der Waals surface area contributed by atoms with Gasteiger partial charge in [0.15, 0.2) is 0 Å². The van der Waals surface area contributed by atoms with Crippen LogP contribution in [0.25, 0.3) is 22.3 Å². The Hall–Kier alpha value is -4.00. The summed E-state index contributed by atoms with van der Waals surface area (Å²) in [6.45, 7) is 17.9. The zero-order valence-corrected chi connectivity index (χ0v) is 33.1. The maximum atomic E-state index is 13.7. The number of allylic oxidation sites excluding steroid dienone is 3. The van der Waals surface area contributed by atoms with Crippen LogP contribution in [-0.4, -0.2) is 46.4 Å². The first-order chi connectivity index (χ1) is 25.3. The number of nitrogens with zero attached hydrogens (tertiary/aromatic N) is 3. The molecule has 1 saturated heterocycles. The van der Waals surface area contributed by atoms with E-state index in [1.165, 1.54) is 50.4 Å². The van der Waals surface area contributed by atoms with Crippen molar-refractivity contribution in [1.82, 2.24) is 4.90 Å². The van der Waals surface area contributed by atoms with Crippen LogP contribution in [0.2, 0.25) is 0 Å². The van der Waals surface area contributed by atoms with Gasteiger partial charge in [-0.25, -0.2) is 4.79 Å². The van der Waals surface area contributed by atoms with Crippen molar-refractivity contribution in [2.45, 2.75) is 125 Å². The molecule has 0 bridgehead atoms. The lowest BCUT2D eigenvalue weighted by Gasteiger charge is -2.29. The molecule has 4 heterocycles. The lowest BCUT2D eigenvalue weighted by molar-refractivity contribution is -0.129. The fourth-order valence-electron chi connectivity index (χ4n) is 9.83. The number of hydrogen-bond donors (Lipinski definition) is 0. The molecule has 8 rings (SSSR count). The number of likely N-dealkylation sites (tertiary alicyclic amines) is 1. The first-order valence-corrected chi connectivity index (χ1v) is 20.3. The molecule has 2 aromatic rings. The normalized spacial score (nSPS) is 26.7. The zero-order chi connectivity index (χ0) is 37.3. The Bertz CT molecular complexity index is 1980. The highest BCUT2D eigenvalue weighted by molar-refractivity contribution is 6.05. The second-order valence-corrected chi connectivity index (χ2v) is 18.1. The molecule has 0 radical (unpaired) electrons. The lowest BCUT2D eigenvalue weighted by Crippen LogP contribution is -2.43. The van der Waals surface area contributed by atoms with E-state index in [9.17, 15) is 9.59 Å². The van der Waals surface area contributed by atoms with Gasteiger partial charge in [-0.05, 0) is 128 Å². The number of carbonyl (C=O) groups excluding carboxylic acids is 2. The van der Waals surface area contributed by atoms with Crippen molar-refractivity contribution in [1.29, 1.82) is 0 Å². The van der Waals surface area contributed by atoms with Crippen LogP contribution in [-0.2, 0) is 22.6 Å². The van der Waals surface area contributed by atoms with E-state index in [1.54, 1.807) is 0 Å². The molecule has 6 atom stereocenters. The van der Waals surface area contributed by atoms with Gasteiger partial charge in [0.2, 0.25) is 0 Å². The molecule has 2 aromatic carbocycles. The van der Waals surface area contributed by atoms with Crippen LogP contribution in [0.5, 0.6) is 5.75 Å². The summed E-state index contributed by atoms with van der Waals surface area (Å²) in [4.78, 5) is 39.0. The number of Topliss-reactive ketones (excluding diaryl/α,β-unsaturated/α-hetero) is 1. The van der Waals surface area contributed by atoms with Gasteiger partial charge in [0.25, 0.3) is 0 Å². The Morgan fingerprint density at radius 3 is 2.55 bits per heavy atom. The van der Waals surface area contributed by atoms with Crippen molar-refractivity contribution in [3.8, 4) is 16.9 Å². The average Bonchev–Trinajstić information content (AvgIpc) is 3.94. The highest BCUT2D eigenvalue weighted by Gasteiger charge is 2.45. The Kier molecular flexibility index (Phi) is 9.30. The van der Waals surface area contributed by atoms with Crippen LogP contribution < -0.4 is 4.74 Å². The molecule has 0 aromatic heterocycles. The molecule has 7 nitrogen and oxygen atoms in total. The number of carbonyl (C=O) groups is 2. The minimum Gasteiger partial charge on any atom is -0.488 e. The van der Waals surface area contributed by atoms with Crippen LogP contribution in [0.4, 0.5) is 4.79 Å². The number of hydrogen-bond acceptors (Lipinski definition) is 6. The number of aryl methyl sites for hydroxylation is 1. The summed E-state index contributed by atoms with van der Waals surface area (Å²) < 4.78 is 12.3. The van der Waals surface area contributed by atoms with Gasteiger partial charge in [-0.2, -0.15) is 0 Å². The number of rotatable bonds is 7. The summed E-state index contributed by atoms with van der Waals surface area (Å²) in [7, 11) is 0. The number of ketones is 1.